The van der Waals surface area contributed by atoms with Crippen LogP contribution in [-0.4, -0.2) is 35.0 Å². The highest BCUT2D eigenvalue weighted by Gasteiger charge is 2.15. The SMILES string of the molecule is CCCCCCCOc1nnc(-c2ccc(OCCC)cc2)c(-c2ccc(OCCC)cc2)n1. The molecule has 6 nitrogen and oxygen atoms in total. The van der Waals surface area contributed by atoms with E-state index in [2.05, 4.69) is 31.0 Å². The molecule has 0 aliphatic heterocycles. The number of benzene rings is 2. The fraction of sp³-hybridized carbons (Fsp3) is 0.464. The third-order valence-electron chi connectivity index (χ3n) is 5.35. The van der Waals surface area contributed by atoms with Crippen LogP contribution in [0.15, 0.2) is 48.5 Å². The molecule has 0 fully saturated rings. The van der Waals surface area contributed by atoms with Gasteiger partial charge < -0.3 is 14.2 Å². The Labute approximate surface area is 203 Å². The molecule has 3 rings (SSSR count). The molecule has 0 radical (unpaired) electrons. The van der Waals surface area contributed by atoms with Crippen molar-refractivity contribution in [3.63, 3.8) is 0 Å². The lowest BCUT2D eigenvalue weighted by atomic mass is 10.0. The van der Waals surface area contributed by atoms with E-state index in [-0.39, 0.29) is 0 Å². The van der Waals surface area contributed by atoms with Gasteiger partial charge in [0.1, 0.15) is 22.9 Å². The van der Waals surface area contributed by atoms with E-state index in [1.54, 1.807) is 0 Å². The monoisotopic (exact) mass is 463 g/mol. The Kier molecular flexibility index (Phi) is 10.6. The van der Waals surface area contributed by atoms with Gasteiger partial charge in [0, 0.05) is 11.1 Å². The van der Waals surface area contributed by atoms with Crippen LogP contribution in [0.4, 0.5) is 0 Å². The zero-order chi connectivity index (χ0) is 24.0. The van der Waals surface area contributed by atoms with Gasteiger partial charge in [-0.25, -0.2) is 0 Å². The summed E-state index contributed by atoms with van der Waals surface area (Å²) >= 11 is 0. The van der Waals surface area contributed by atoms with E-state index in [9.17, 15) is 0 Å². The molecule has 0 aliphatic carbocycles. The van der Waals surface area contributed by atoms with Crippen LogP contribution in [0.5, 0.6) is 17.5 Å². The van der Waals surface area contributed by atoms with Gasteiger partial charge in [-0.05, 0) is 67.8 Å². The predicted molar refractivity (Wildman–Crippen MR) is 137 cm³/mol. The summed E-state index contributed by atoms with van der Waals surface area (Å²) in [6.45, 7) is 8.39. The van der Waals surface area contributed by atoms with E-state index in [4.69, 9.17) is 19.2 Å². The molecule has 0 unspecified atom stereocenters. The Balaban J connectivity index is 1.82. The van der Waals surface area contributed by atoms with Crippen LogP contribution in [0.2, 0.25) is 0 Å². The molecule has 1 aromatic heterocycles. The van der Waals surface area contributed by atoms with Crippen molar-refractivity contribution < 1.29 is 14.2 Å². The first-order valence-electron chi connectivity index (χ1n) is 12.6. The minimum absolute atomic E-state index is 0.309. The van der Waals surface area contributed by atoms with Crippen LogP contribution in [-0.2, 0) is 0 Å². The van der Waals surface area contributed by atoms with Gasteiger partial charge in [0.25, 0.3) is 0 Å². The minimum Gasteiger partial charge on any atom is -0.494 e. The molecule has 0 saturated heterocycles. The molecule has 0 N–H and O–H groups in total. The largest absolute Gasteiger partial charge is 0.494 e. The second-order valence-corrected chi connectivity index (χ2v) is 8.30. The molecule has 182 valence electrons. The Bertz CT molecular complexity index is 975. The van der Waals surface area contributed by atoms with Gasteiger partial charge in [-0.2, -0.15) is 4.98 Å². The van der Waals surface area contributed by atoms with E-state index in [1.807, 2.05) is 48.5 Å². The first kappa shape index (κ1) is 25.5. The molecule has 6 heteroatoms. The molecule has 0 saturated carbocycles. The average Bonchev–Trinajstić information content (AvgIpc) is 2.89. The maximum atomic E-state index is 5.85. The highest BCUT2D eigenvalue weighted by Crippen LogP contribution is 2.31. The lowest BCUT2D eigenvalue weighted by Gasteiger charge is -2.12. The first-order valence-corrected chi connectivity index (χ1v) is 12.6. The first-order chi connectivity index (χ1) is 16.7. The van der Waals surface area contributed by atoms with Gasteiger partial charge in [-0.1, -0.05) is 51.6 Å². The van der Waals surface area contributed by atoms with Crippen molar-refractivity contribution in [1.82, 2.24) is 15.2 Å². The van der Waals surface area contributed by atoms with Crippen LogP contribution in [0.25, 0.3) is 22.5 Å². The zero-order valence-electron chi connectivity index (χ0n) is 20.8. The Morgan fingerprint density at radius 2 is 1.09 bits per heavy atom. The summed E-state index contributed by atoms with van der Waals surface area (Å²) in [6, 6.07) is 16.2. The van der Waals surface area contributed by atoms with E-state index >= 15 is 0 Å². The number of ether oxygens (including phenoxy) is 3. The van der Waals surface area contributed by atoms with Crippen molar-refractivity contribution in [3.8, 4) is 40.0 Å². The van der Waals surface area contributed by atoms with Gasteiger partial charge in [0.2, 0.25) is 0 Å². The summed E-state index contributed by atoms with van der Waals surface area (Å²) in [5.41, 5.74) is 3.31. The average molecular weight is 464 g/mol. The van der Waals surface area contributed by atoms with Crippen molar-refractivity contribution >= 4 is 0 Å². The van der Waals surface area contributed by atoms with Gasteiger partial charge in [-0.3, -0.25) is 0 Å². The van der Waals surface area contributed by atoms with E-state index in [1.165, 1.54) is 19.3 Å². The summed E-state index contributed by atoms with van der Waals surface area (Å²) in [6.07, 6.45) is 7.80. The number of unbranched alkanes of at least 4 members (excludes halogenated alkanes) is 4. The highest BCUT2D eigenvalue weighted by atomic mass is 16.5. The zero-order valence-corrected chi connectivity index (χ0v) is 20.8. The third kappa shape index (κ3) is 7.72. The number of nitrogens with zero attached hydrogens (tertiary/aromatic N) is 3. The number of hydrogen-bond acceptors (Lipinski definition) is 6. The molecule has 0 bridgehead atoms. The van der Waals surface area contributed by atoms with Crippen LogP contribution in [0.1, 0.15) is 65.7 Å². The number of rotatable bonds is 15. The smallest absolute Gasteiger partial charge is 0.336 e. The fourth-order valence-electron chi connectivity index (χ4n) is 3.49. The van der Waals surface area contributed by atoms with Crippen molar-refractivity contribution in [2.75, 3.05) is 19.8 Å². The molecular formula is C28H37N3O3. The molecule has 1 heterocycles. The molecule has 0 aliphatic rings. The second-order valence-electron chi connectivity index (χ2n) is 8.30. The Morgan fingerprint density at radius 1 is 0.529 bits per heavy atom. The summed E-state index contributed by atoms with van der Waals surface area (Å²) in [4.78, 5) is 4.75. The van der Waals surface area contributed by atoms with Gasteiger partial charge in [0.05, 0.1) is 19.8 Å². The maximum Gasteiger partial charge on any atom is 0.336 e. The molecule has 0 spiro atoms. The highest BCUT2D eigenvalue weighted by molar-refractivity contribution is 5.78. The van der Waals surface area contributed by atoms with Crippen LogP contribution in [0.3, 0.4) is 0 Å². The minimum atomic E-state index is 0.309. The lowest BCUT2D eigenvalue weighted by molar-refractivity contribution is 0.278. The fourth-order valence-corrected chi connectivity index (χ4v) is 3.49. The summed E-state index contributed by atoms with van der Waals surface area (Å²) in [7, 11) is 0. The van der Waals surface area contributed by atoms with Crippen molar-refractivity contribution in [1.29, 1.82) is 0 Å². The molecule has 3 aromatic rings. The predicted octanol–water partition coefficient (Wildman–Crippen LogP) is 7.13. The molecule has 2 aromatic carbocycles. The molecule has 34 heavy (non-hydrogen) atoms. The topological polar surface area (TPSA) is 66.4 Å². The standard InChI is InChI=1S/C28H37N3O3/c1-4-7-8-9-10-21-34-28-29-26(22-11-15-24(16-12-22)32-19-5-2)27(30-31-28)23-13-17-25(18-14-23)33-20-6-3/h11-18H,4-10,19-21H2,1-3H3. The quantitative estimate of drug-likeness (QED) is 0.223. The Hall–Kier alpha value is -3.15. The number of hydrogen-bond donors (Lipinski definition) is 0. The van der Waals surface area contributed by atoms with Gasteiger partial charge >= 0.3 is 6.01 Å². The third-order valence-corrected chi connectivity index (χ3v) is 5.35. The van der Waals surface area contributed by atoms with Gasteiger partial charge in [-0.15, -0.1) is 5.10 Å². The summed E-state index contributed by atoms with van der Waals surface area (Å²) in [5.74, 6) is 1.68. The van der Waals surface area contributed by atoms with Crippen LogP contribution < -0.4 is 14.2 Å². The summed E-state index contributed by atoms with van der Waals surface area (Å²) < 4.78 is 17.3. The van der Waals surface area contributed by atoms with Crippen molar-refractivity contribution in [2.24, 2.45) is 0 Å². The second kappa shape index (κ2) is 14.2. The van der Waals surface area contributed by atoms with Crippen LogP contribution >= 0.6 is 0 Å². The number of aromatic nitrogens is 3. The lowest BCUT2D eigenvalue weighted by Crippen LogP contribution is -2.05. The van der Waals surface area contributed by atoms with E-state index in [0.29, 0.717) is 31.5 Å². The van der Waals surface area contributed by atoms with Crippen molar-refractivity contribution in [3.05, 3.63) is 48.5 Å². The van der Waals surface area contributed by atoms with Crippen LogP contribution in [0, 0.1) is 0 Å². The summed E-state index contributed by atoms with van der Waals surface area (Å²) in [5, 5.41) is 8.77. The molecule has 0 amide bonds. The molecule has 0 atom stereocenters. The maximum absolute atomic E-state index is 5.85. The van der Waals surface area contributed by atoms with E-state index < -0.39 is 0 Å². The Morgan fingerprint density at radius 3 is 1.65 bits per heavy atom. The van der Waals surface area contributed by atoms with Gasteiger partial charge in [0.15, 0.2) is 0 Å². The normalized spacial score (nSPS) is 10.8. The van der Waals surface area contributed by atoms with E-state index in [0.717, 1.165) is 54.0 Å². The molecular weight excluding hydrogens is 426 g/mol. The van der Waals surface area contributed by atoms with Crippen molar-refractivity contribution in [2.45, 2.75) is 65.7 Å².